The van der Waals surface area contributed by atoms with Crippen LogP contribution in [0.15, 0.2) is 6.07 Å². The molecule has 72 valence electrons. The van der Waals surface area contributed by atoms with Crippen LogP contribution in [0.1, 0.15) is 17.7 Å². The van der Waals surface area contributed by atoms with Gasteiger partial charge in [0, 0.05) is 0 Å². The molecule has 1 aromatic rings. The Morgan fingerprint density at radius 2 is 2.23 bits per heavy atom. The van der Waals surface area contributed by atoms with Gasteiger partial charge < -0.3 is 5.11 Å². The summed E-state index contributed by atoms with van der Waals surface area (Å²) in [6.45, 7) is -0.349. The van der Waals surface area contributed by atoms with Gasteiger partial charge in [0.05, 0.1) is 22.9 Å². The SMILES string of the molecule is OCc1nc(I)c(C(F)F)cc1Cl. The lowest BCUT2D eigenvalue weighted by Crippen LogP contribution is -1.99. The van der Waals surface area contributed by atoms with E-state index in [9.17, 15) is 8.78 Å². The molecule has 13 heavy (non-hydrogen) atoms. The second-order valence-corrected chi connectivity index (χ2v) is 3.68. The summed E-state index contributed by atoms with van der Waals surface area (Å²) in [7, 11) is 0. The van der Waals surface area contributed by atoms with Gasteiger partial charge >= 0.3 is 0 Å². The van der Waals surface area contributed by atoms with Crippen molar-refractivity contribution in [1.29, 1.82) is 0 Å². The van der Waals surface area contributed by atoms with Crippen molar-refractivity contribution in [3.05, 3.63) is 26.0 Å². The molecule has 1 rings (SSSR count). The molecule has 0 saturated carbocycles. The number of rotatable bonds is 2. The lowest BCUT2D eigenvalue weighted by atomic mass is 10.2. The Morgan fingerprint density at radius 1 is 1.62 bits per heavy atom. The minimum Gasteiger partial charge on any atom is -0.390 e. The predicted molar refractivity (Wildman–Crippen MR) is 52.8 cm³/mol. The number of pyridine rings is 1. The van der Waals surface area contributed by atoms with Gasteiger partial charge in [0.2, 0.25) is 0 Å². The summed E-state index contributed by atoms with van der Waals surface area (Å²) >= 11 is 7.27. The van der Waals surface area contributed by atoms with Crippen LogP contribution in [0.3, 0.4) is 0 Å². The van der Waals surface area contributed by atoms with Crippen molar-refractivity contribution in [3.8, 4) is 0 Å². The summed E-state index contributed by atoms with van der Waals surface area (Å²) in [5.74, 6) is 0. The number of alkyl halides is 2. The first-order chi connectivity index (χ1) is 6.06. The molecule has 0 aliphatic carbocycles. The Morgan fingerprint density at radius 3 is 2.69 bits per heavy atom. The molecule has 1 N–H and O–H groups in total. The number of aromatic nitrogens is 1. The van der Waals surface area contributed by atoms with Crippen molar-refractivity contribution in [1.82, 2.24) is 4.98 Å². The molecule has 1 aromatic heterocycles. The Hall–Kier alpha value is -0.0100. The van der Waals surface area contributed by atoms with Crippen molar-refractivity contribution in [2.24, 2.45) is 0 Å². The Labute approximate surface area is 92.1 Å². The molecule has 1 heterocycles. The smallest absolute Gasteiger partial charge is 0.266 e. The third-order valence-electron chi connectivity index (χ3n) is 1.41. The van der Waals surface area contributed by atoms with E-state index in [1.54, 1.807) is 22.6 Å². The van der Waals surface area contributed by atoms with E-state index in [2.05, 4.69) is 4.98 Å². The normalized spacial score (nSPS) is 10.9. The Balaban J connectivity index is 3.20. The zero-order chi connectivity index (χ0) is 10.0. The average Bonchev–Trinajstić information content (AvgIpc) is 2.07. The molecule has 0 aliphatic rings. The van der Waals surface area contributed by atoms with Gasteiger partial charge in [-0.1, -0.05) is 11.6 Å². The molecule has 0 saturated heterocycles. The lowest BCUT2D eigenvalue weighted by Gasteiger charge is -2.06. The second-order valence-electron chi connectivity index (χ2n) is 2.26. The molecule has 0 aromatic carbocycles. The highest BCUT2D eigenvalue weighted by atomic mass is 127. The van der Waals surface area contributed by atoms with Gasteiger partial charge in [0.1, 0.15) is 3.70 Å². The van der Waals surface area contributed by atoms with E-state index < -0.39 is 6.43 Å². The lowest BCUT2D eigenvalue weighted by molar-refractivity contribution is 0.149. The van der Waals surface area contributed by atoms with E-state index in [0.29, 0.717) is 0 Å². The number of halogens is 4. The van der Waals surface area contributed by atoms with E-state index in [1.807, 2.05) is 0 Å². The van der Waals surface area contributed by atoms with Crippen molar-refractivity contribution in [3.63, 3.8) is 0 Å². The Kier molecular flexibility index (Phi) is 3.81. The fraction of sp³-hybridized carbons (Fsp3) is 0.286. The van der Waals surface area contributed by atoms with Gasteiger partial charge in [-0.2, -0.15) is 0 Å². The fourth-order valence-corrected chi connectivity index (χ4v) is 1.68. The third-order valence-corrected chi connectivity index (χ3v) is 2.61. The second kappa shape index (κ2) is 4.47. The number of aliphatic hydroxyl groups is 1. The first kappa shape index (κ1) is 11.1. The van der Waals surface area contributed by atoms with Crippen LogP contribution >= 0.6 is 34.2 Å². The maximum Gasteiger partial charge on any atom is 0.266 e. The van der Waals surface area contributed by atoms with Crippen LogP contribution in [0.5, 0.6) is 0 Å². The summed E-state index contributed by atoms with van der Waals surface area (Å²) < 4.78 is 24.7. The van der Waals surface area contributed by atoms with Crippen LogP contribution in [0.2, 0.25) is 5.02 Å². The van der Waals surface area contributed by atoms with E-state index in [1.165, 1.54) is 0 Å². The zero-order valence-corrected chi connectivity index (χ0v) is 9.18. The molecule has 0 bridgehead atoms. The first-order valence-electron chi connectivity index (χ1n) is 3.30. The molecule has 0 spiro atoms. The van der Waals surface area contributed by atoms with Crippen molar-refractivity contribution in [2.75, 3.05) is 0 Å². The number of hydrogen-bond acceptors (Lipinski definition) is 2. The minimum absolute atomic E-state index is 0.0678. The van der Waals surface area contributed by atoms with Crippen molar-refractivity contribution in [2.45, 2.75) is 13.0 Å². The largest absolute Gasteiger partial charge is 0.390 e. The monoisotopic (exact) mass is 319 g/mol. The van der Waals surface area contributed by atoms with Gasteiger partial charge in [-0.3, -0.25) is 0 Å². The highest BCUT2D eigenvalue weighted by Gasteiger charge is 2.15. The molecule has 0 amide bonds. The van der Waals surface area contributed by atoms with Crippen molar-refractivity contribution < 1.29 is 13.9 Å². The molecular formula is C7H5ClF2INO. The molecule has 6 heteroatoms. The molecule has 0 radical (unpaired) electrons. The summed E-state index contributed by atoms with van der Waals surface area (Å²) in [4.78, 5) is 3.74. The first-order valence-corrected chi connectivity index (χ1v) is 4.75. The molecular weight excluding hydrogens is 314 g/mol. The molecule has 0 atom stereocenters. The van der Waals surface area contributed by atoms with E-state index in [0.717, 1.165) is 6.07 Å². The maximum atomic E-state index is 12.3. The average molecular weight is 319 g/mol. The molecule has 0 aliphatic heterocycles. The summed E-state index contributed by atoms with van der Waals surface area (Å²) in [6, 6.07) is 1.13. The van der Waals surface area contributed by atoms with Crippen LogP contribution in [0.4, 0.5) is 8.78 Å². The van der Waals surface area contributed by atoms with Crippen LogP contribution in [-0.2, 0) is 6.61 Å². The van der Waals surface area contributed by atoms with Crippen LogP contribution in [0.25, 0.3) is 0 Å². The van der Waals surface area contributed by atoms with E-state index in [4.69, 9.17) is 16.7 Å². The van der Waals surface area contributed by atoms with Crippen LogP contribution in [-0.4, -0.2) is 10.1 Å². The summed E-state index contributed by atoms with van der Waals surface area (Å²) in [5, 5.41) is 8.80. The number of nitrogens with zero attached hydrogens (tertiary/aromatic N) is 1. The van der Waals surface area contributed by atoms with Gasteiger partial charge in [-0.25, -0.2) is 13.8 Å². The van der Waals surface area contributed by atoms with Gasteiger partial charge in [-0.15, -0.1) is 0 Å². The standard InChI is InChI=1S/C7H5ClF2INO/c8-4-1-3(6(9)10)7(11)12-5(4)2-13/h1,6,13H,2H2. The Bertz CT molecular complexity index is 322. The molecule has 0 unspecified atom stereocenters. The topological polar surface area (TPSA) is 33.1 Å². The number of hydrogen-bond donors (Lipinski definition) is 1. The summed E-state index contributed by atoms with van der Waals surface area (Å²) in [6.07, 6.45) is -2.59. The fourth-order valence-electron chi connectivity index (χ4n) is 0.780. The van der Waals surface area contributed by atoms with E-state index in [-0.39, 0.29) is 26.6 Å². The predicted octanol–water partition coefficient (Wildman–Crippen LogP) is 2.77. The molecule has 0 fully saturated rings. The highest BCUT2D eigenvalue weighted by molar-refractivity contribution is 14.1. The minimum atomic E-state index is -2.59. The third kappa shape index (κ3) is 2.47. The van der Waals surface area contributed by atoms with Gasteiger partial charge in [0.15, 0.2) is 0 Å². The van der Waals surface area contributed by atoms with Crippen molar-refractivity contribution >= 4 is 34.2 Å². The van der Waals surface area contributed by atoms with Crippen LogP contribution in [0, 0.1) is 3.70 Å². The highest BCUT2D eigenvalue weighted by Crippen LogP contribution is 2.27. The summed E-state index contributed by atoms with van der Waals surface area (Å²) in [5.41, 5.74) is 0.0123. The maximum absolute atomic E-state index is 12.3. The zero-order valence-electron chi connectivity index (χ0n) is 6.27. The van der Waals surface area contributed by atoms with E-state index >= 15 is 0 Å². The number of aliphatic hydroxyl groups excluding tert-OH is 1. The van der Waals surface area contributed by atoms with Gasteiger partial charge in [0.25, 0.3) is 6.43 Å². The van der Waals surface area contributed by atoms with Crippen LogP contribution < -0.4 is 0 Å². The van der Waals surface area contributed by atoms with Gasteiger partial charge in [-0.05, 0) is 28.7 Å². The molecule has 2 nitrogen and oxygen atoms in total. The quantitative estimate of drug-likeness (QED) is 0.672.